The Hall–Kier alpha value is -3.18. The monoisotopic (exact) mass is 429 g/mol. The second kappa shape index (κ2) is 9.31. The fraction of sp³-hybridized carbons (Fsp3) is 0.333. The Labute approximate surface area is 181 Å². The number of nitrogens with two attached hydrogens (primary N) is 2. The van der Waals surface area contributed by atoms with E-state index in [1.54, 1.807) is 48.5 Å². The summed E-state index contributed by atoms with van der Waals surface area (Å²) in [5.41, 5.74) is 12.8. The highest BCUT2D eigenvalue weighted by molar-refractivity contribution is 5.95. The van der Waals surface area contributed by atoms with E-state index in [1.165, 1.54) is 0 Å². The Kier molecular flexibility index (Phi) is 6.76. The number of nitrogen functional groups attached to an aromatic ring is 2. The largest absolute Gasteiger partial charge is 0.397 e. The van der Waals surface area contributed by atoms with Crippen LogP contribution in [0.15, 0.2) is 48.5 Å². The zero-order chi connectivity index (χ0) is 22.6. The van der Waals surface area contributed by atoms with Crippen LogP contribution in [0.25, 0.3) is 0 Å². The van der Waals surface area contributed by atoms with Gasteiger partial charge in [-0.1, -0.05) is 24.3 Å². The van der Waals surface area contributed by atoms with Gasteiger partial charge in [0.25, 0.3) is 5.91 Å². The lowest BCUT2D eigenvalue weighted by atomic mass is 10.2. The first-order chi connectivity index (χ1) is 14.7. The van der Waals surface area contributed by atoms with Crippen LogP contribution in [0.5, 0.6) is 0 Å². The topological polar surface area (TPSA) is 136 Å². The molecule has 1 saturated heterocycles. The number of amides is 2. The van der Waals surface area contributed by atoms with E-state index in [4.69, 9.17) is 11.5 Å². The normalized spacial score (nSPS) is 16.0. The molecule has 0 atom stereocenters. The fourth-order valence-corrected chi connectivity index (χ4v) is 3.59. The van der Waals surface area contributed by atoms with Crippen molar-refractivity contribution in [2.45, 2.75) is 0 Å². The van der Waals surface area contributed by atoms with Crippen molar-refractivity contribution in [3.05, 3.63) is 48.5 Å². The highest BCUT2D eigenvalue weighted by Gasteiger charge is 2.34. The number of quaternary nitrogens is 1. The summed E-state index contributed by atoms with van der Waals surface area (Å²) in [6.07, 6.45) is 0. The highest BCUT2D eigenvalue weighted by Crippen LogP contribution is 2.23. The summed E-state index contributed by atoms with van der Waals surface area (Å²) in [5.74, 6) is -0.933. The van der Waals surface area contributed by atoms with Crippen molar-refractivity contribution in [2.24, 2.45) is 0 Å². The van der Waals surface area contributed by atoms with Gasteiger partial charge in [0, 0.05) is 13.1 Å². The number of anilines is 4. The van der Waals surface area contributed by atoms with Crippen LogP contribution in [-0.4, -0.2) is 77.9 Å². The molecule has 31 heavy (non-hydrogen) atoms. The average molecular weight is 430 g/mol. The van der Waals surface area contributed by atoms with Crippen molar-refractivity contribution < 1.29 is 24.5 Å². The van der Waals surface area contributed by atoms with E-state index in [-0.39, 0.29) is 24.5 Å². The number of carbonyl (C=O) groups excluding carboxylic acids is 2. The number of likely N-dealkylation sites (N-methyl/N-ethyl adjacent to an activating group) is 1. The molecule has 6 N–H and O–H groups in total. The number of hydrogen-bond donors (Lipinski definition) is 4. The van der Waals surface area contributed by atoms with Gasteiger partial charge < -0.3 is 16.0 Å². The minimum absolute atomic E-state index is 0.0332. The van der Waals surface area contributed by atoms with Gasteiger partial charge in [-0.2, -0.15) is 10.1 Å². The van der Waals surface area contributed by atoms with E-state index in [0.717, 1.165) is 0 Å². The molecule has 1 aliphatic rings. The molecule has 2 aromatic rings. The van der Waals surface area contributed by atoms with Gasteiger partial charge in [0.05, 0.1) is 49.4 Å². The van der Waals surface area contributed by atoms with Crippen molar-refractivity contribution in [3.8, 4) is 0 Å². The lowest BCUT2D eigenvalue weighted by molar-refractivity contribution is -0.906. The van der Waals surface area contributed by atoms with Crippen LogP contribution >= 0.6 is 0 Å². The van der Waals surface area contributed by atoms with Crippen molar-refractivity contribution >= 4 is 34.6 Å². The van der Waals surface area contributed by atoms with Crippen LogP contribution in [0.4, 0.5) is 22.7 Å². The van der Waals surface area contributed by atoms with E-state index < -0.39 is 11.8 Å². The molecule has 2 aromatic carbocycles. The first-order valence-electron chi connectivity index (χ1n) is 9.99. The quantitative estimate of drug-likeness (QED) is 0.230. The molecule has 0 saturated carbocycles. The summed E-state index contributed by atoms with van der Waals surface area (Å²) in [6, 6.07) is 13.2. The molecular weight excluding hydrogens is 400 g/mol. The maximum atomic E-state index is 12.6. The van der Waals surface area contributed by atoms with Gasteiger partial charge in [0.1, 0.15) is 0 Å². The number of benzene rings is 2. The molecule has 0 aromatic heterocycles. The summed E-state index contributed by atoms with van der Waals surface area (Å²) in [5, 5.41) is 21.7. The number of nitrogens with zero attached hydrogens (tertiary/aromatic N) is 4. The molecule has 0 aliphatic carbocycles. The van der Waals surface area contributed by atoms with Crippen LogP contribution in [0.2, 0.25) is 0 Å². The third kappa shape index (κ3) is 5.30. The van der Waals surface area contributed by atoms with E-state index in [9.17, 15) is 20.0 Å². The number of hydrogen-bond acceptors (Lipinski definition) is 7. The lowest BCUT2D eigenvalue weighted by Crippen LogP contribution is -2.61. The third-order valence-corrected chi connectivity index (χ3v) is 5.59. The van der Waals surface area contributed by atoms with Crippen molar-refractivity contribution in [2.75, 3.05) is 67.9 Å². The zero-order valence-corrected chi connectivity index (χ0v) is 17.5. The first kappa shape index (κ1) is 22.5. The molecule has 0 radical (unpaired) electrons. The maximum Gasteiger partial charge on any atom is 0.305 e. The third-order valence-electron chi connectivity index (χ3n) is 5.59. The van der Waals surface area contributed by atoms with Gasteiger partial charge in [0.15, 0.2) is 6.54 Å². The number of hydroxylamine groups is 2. The van der Waals surface area contributed by atoms with Gasteiger partial charge >= 0.3 is 5.91 Å². The summed E-state index contributed by atoms with van der Waals surface area (Å²) in [7, 11) is 1.93. The molecule has 3 rings (SSSR count). The SMILES string of the molecule is C[N+]1(CC(=O)N(O)c2ccccc2N)CCN(CC(=O)N(O)c2ccccc2N)CC1. The molecule has 0 unspecified atom stereocenters. The van der Waals surface area contributed by atoms with Gasteiger partial charge in [0.2, 0.25) is 0 Å². The van der Waals surface area contributed by atoms with E-state index in [0.29, 0.717) is 52.2 Å². The standard InChI is InChI=1S/C21H29N6O4/c1-27(15-21(29)26(31)19-9-5-3-7-17(19)23)12-10-24(11-13-27)14-20(28)25(30)18-8-4-2-6-16(18)22/h2-9,30-31H,10-15,22-23H2,1H3/q+1. The molecule has 0 spiro atoms. The Balaban J connectivity index is 1.53. The molecule has 166 valence electrons. The fourth-order valence-electron chi connectivity index (χ4n) is 3.59. The summed E-state index contributed by atoms with van der Waals surface area (Å²) < 4.78 is 0.418. The molecule has 1 fully saturated rings. The molecule has 0 bridgehead atoms. The first-order valence-corrected chi connectivity index (χ1v) is 9.99. The van der Waals surface area contributed by atoms with Crippen LogP contribution in [0.1, 0.15) is 0 Å². The Morgan fingerprint density at radius 2 is 1.35 bits per heavy atom. The van der Waals surface area contributed by atoms with E-state index >= 15 is 0 Å². The van der Waals surface area contributed by atoms with Crippen molar-refractivity contribution in [3.63, 3.8) is 0 Å². The van der Waals surface area contributed by atoms with Crippen molar-refractivity contribution in [1.82, 2.24) is 4.90 Å². The Morgan fingerprint density at radius 1 is 0.903 bits per heavy atom. The molecule has 10 nitrogen and oxygen atoms in total. The number of para-hydroxylation sites is 4. The Morgan fingerprint density at radius 3 is 1.84 bits per heavy atom. The molecule has 1 aliphatic heterocycles. The number of rotatable bonds is 6. The summed E-state index contributed by atoms with van der Waals surface area (Å²) >= 11 is 0. The number of carbonyl (C=O) groups is 2. The maximum absolute atomic E-state index is 12.6. The van der Waals surface area contributed by atoms with Crippen LogP contribution < -0.4 is 21.6 Å². The predicted octanol–water partition coefficient (Wildman–Crippen LogP) is 0.758. The smallest absolute Gasteiger partial charge is 0.305 e. The van der Waals surface area contributed by atoms with Gasteiger partial charge in [-0.15, -0.1) is 0 Å². The molecule has 10 heteroatoms. The van der Waals surface area contributed by atoms with Gasteiger partial charge in [-0.25, -0.2) is 0 Å². The van der Waals surface area contributed by atoms with Gasteiger partial charge in [-0.3, -0.25) is 24.9 Å². The molecular formula is C21H29N6O4+. The minimum Gasteiger partial charge on any atom is -0.397 e. The van der Waals surface area contributed by atoms with Crippen LogP contribution in [0.3, 0.4) is 0 Å². The zero-order valence-electron chi connectivity index (χ0n) is 17.5. The summed E-state index contributed by atoms with van der Waals surface area (Å²) in [6.45, 7) is 2.47. The second-order valence-corrected chi connectivity index (χ2v) is 8.03. The molecule has 2 amide bonds. The second-order valence-electron chi connectivity index (χ2n) is 8.03. The average Bonchev–Trinajstić information content (AvgIpc) is 2.75. The lowest BCUT2D eigenvalue weighted by Gasteiger charge is -2.41. The minimum atomic E-state index is -0.480. The van der Waals surface area contributed by atoms with Crippen LogP contribution in [0, 0.1) is 0 Å². The Bertz CT molecular complexity index is 945. The van der Waals surface area contributed by atoms with Crippen LogP contribution in [-0.2, 0) is 9.59 Å². The summed E-state index contributed by atoms with van der Waals surface area (Å²) in [4.78, 5) is 27.0. The highest BCUT2D eigenvalue weighted by atomic mass is 16.5. The van der Waals surface area contributed by atoms with Gasteiger partial charge in [-0.05, 0) is 24.3 Å². The molecule has 1 heterocycles. The predicted molar refractivity (Wildman–Crippen MR) is 117 cm³/mol. The van der Waals surface area contributed by atoms with Crippen molar-refractivity contribution in [1.29, 1.82) is 0 Å². The van der Waals surface area contributed by atoms with E-state index in [2.05, 4.69) is 0 Å². The van der Waals surface area contributed by atoms with E-state index in [1.807, 2.05) is 11.9 Å². The number of piperazine rings is 1.